The van der Waals surface area contributed by atoms with Gasteiger partial charge in [-0.25, -0.2) is 4.39 Å². The molecule has 5 heteroatoms. The van der Waals surface area contributed by atoms with E-state index in [2.05, 4.69) is 26.1 Å². The SMILES string of the molecule is O=C(NC1CCN2CCCC2C1)c1cc(F)ccc1Br. The fourth-order valence-corrected chi connectivity index (χ4v) is 3.72. The first-order valence-electron chi connectivity index (χ1n) is 7.13. The topological polar surface area (TPSA) is 32.3 Å². The van der Waals surface area contributed by atoms with Crippen LogP contribution in [0.4, 0.5) is 4.39 Å². The number of piperidine rings is 1. The molecule has 1 aromatic carbocycles. The molecule has 0 saturated carbocycles. The largest absolute Gasteiger partial charge is 0.349 e. The van der Waals surface area contributed by atoms with Gasteiger partial charge < -0.3 is 10.2 Å². The van der Waals surface area contributed by atoms with Crippen LogP contribution in [0.3, 0.4) is 0 Å². The minimum Gasteiger partial charge on any atom is -0.349 e. The van der Waals surface area contributed by atoms with Crippen molar-refractivity contribution in [2.24, 2.45) is 0 Å². The van der Waals surface area contributed by atoms with E-state index >= 15 is 0 Å². The van der Waals surface area contributed by atoms with E-state index in [0.717, 1.165) is 19.4 Å². The van der Waals surface area contributed by atoms with Gasteiger partial charge in [0, 0.05) is 23.1 Å². The lowest BCUT2D eigenvalue weighted by atomic mass is 9.97. The van der Waals surface area contributed by atoms with E-state index < -0.39 is 0 Å². The highest BCUT2D eigenvalue weighted by Crippen LogP contribution is 2.27. The molecule has 2 fully saturated rings. The fraction of sp³-hybridized carbons (Fsp3) is 0.533. The monoisotopic (exact) mass is 340 g/mol. The maximum Gasteiger partial charge on any atom is 0.252 e. The normalized spacial score (nSPS) is 26.3. The predicted molar refractivity (Wildman–Crippen MR) is 79.2 cm³/mol. The molecule has 2 aliphatic rings. The number of hydrogen-bond donors (Lipinski definition) is 1. The Morgan fingerprint density at radius 2 is 2.20 bits per heavy atom. The summed E-state index contributed by atoms with van der Waals surface area (Å²) in [7, 11) is 0. The molecule has 2 saturated heterocycles. The fourth-order valence-electron chi connectivity index (χ4n) is 3.29. The van der Waals surface area contributed by atoms with Crippen LogP contribution in [0.5, 0.6) is 0 Å². The first kappa shape index (κ1) is 14.0. The Labute approximate surface area is 126 Å². The molecule has 0 aromatic heterocycles. The van der Waals surface area contributed by atoms with E-state index in [9.17, 15) is 9.18 Å². The van der Waals surface area contributed by atoms with Gasteiger partial charge in [-0.1, -0.05) is 0 Å². The van der Waals surface area contributed by atoms with Crippen LogP contribution in [0.15, 0.2) is 22.7 Å². The van der Waals surface area contributed by atoms with E-state index in [1.54, 1.807) is 6.07 Å². The lowest BCUT2D eigenvalue weighted by molar-refractivity contribution is 0.0895. The number of fused-ring (bicyclic) bond motifs is 1. The summed E-state index contributed by atoms with van der Waals surface area (Å²) in [6.45, 7) is 2.25. The number of halogens is 2. The third-order valence-electron chi connectivity index (χ3n) is 4.33. The van der Waals surface area contributed by atoms with E-state index in [4.69, 9.17) is 0 Å². The van der Waals surface area contributed by atoms with Gasteiger partial charge in [0.25, 0.3) is 5.91 Å². The Morgan fingerprint density at radius 3 is 3.05 bits per heavy atom. The summed E-state index contributed by atoms with van der Waals surface area (Å²) in [4.78, 5) is 14.8. The molecule has 2 atom stereocenters. The van der Waals surface area contributed by atoms with Crippen LogP contribution in [0, 0.1) is 5.82 Å². The number of nitrogens with one attached hydrogen (secondary N) is 1. The van der Waals surface area contributed by atoms with Crippen molar-refractivity contribution in [3.8, 4) is 0 Å². The molecular formula is C15H18BrFN2O. The molecule has 20 heavy (non-hydrogen) atoms. The van der Waals surface area contributed by atoms with Crippen molar-refractivity contribution in [2.45, 2.75) is 37.8 Å². The van der Waals surface area contributed by atoms with Crippen LogP contribution < -0.4 is 5.32 Å². The summed E-state index contributed by atoms with van der Waals surface area (Å²) < 4.78 is 13.9. The van der Waals surface area contributed by atoms with Gasteiger partial charge in [0.2, 0.25) is 0 Å². The Hall–Kier alpha value is -0.940. The zero-order valence-electron chi connectivity index (χ0n) is 11.2. The summed E-state index contributed by atoms with van der Waals surface area (Å²) >= 11 is 3.31. The highest BCUT2D eigenvalue weighted by molar-refractivity contribution is 9.10. The Kier molecular flexibility index (Phi) is 4.08. The number of carbonyl (C=O) groups excluding carboxylic acids is 1. The Balaban J connectivity index is 1.65. The molecule has 0 bridgehead atoms. The predicted octanol–water partition coefficient (Wildman–Crippen LogP) is 2.94. The van der Waals surface area contributed by atoms with E-state index in [-0.39, 0.29) is 17.8 Å². The number of rotatable bonds is 2. The van der Waals surface area contributed by atoms with Gasteiger partial charge in [-0.2, -0.15) is 0 Å². The van der Waals surface area contributed by atoms with Gasteiger partial charge in [0.1, 0.15) is 5.82 Å². The molecule has 1 aromatic rings. The zero-order valence-corrected chi connectivity index (χ0v) is 12.8. The number of amides is 1. The second-order valence-corrected chi connectivity index (χ2v) is 6.51. The molecule has 0 spiro atoms. The van der Waals surface area contributed by atoms with Gasteiger partial charge in [-0.3, -0.25) is 4.79 Å². The van der Waals surface area contributed by atoms with Crippen molar-refractivity contribution in [3.05, 3.63) is 34.1 Å². The number of hydrogen-bond acceptors (Lipinski definition) is 2. The Bertz CT molecular complexity index is 523. The molecular weight excluding hydrogens is 323 g/mol. The summed E-state index contributed by atoms with van der Waals surface area (Å²) in [5, 5.41) is 3.05. The van der Waals surface area contributed by atoms with Crippen LogP contribution in [0.2, 0.25) is 0 Å². The molecule has 2 aliphatic heterocycles. The number of carbonyl (C=O) groups is 1. The standard InChI is InChI=1S/C15H18BrFN2O/c16-14-4-3-10(17)8-13(14)15(20)18-11-5-7-19-6-1-2-12(19)9-11/h3-4,8,11-12H,1-2,5-7,9H2,(H,18,20). The lowest BCUT2D eigenvalue weighted by Gasteiger charge is -2.35. The lowest BCUT2D eigenvalue weighted by Crippen LogP contribution is -2.47. The molecule has 1 amide bonds. The Morgan fingerprint density at radius 1 is 1.35 bits per heavy atom. The van der Waals surface area contributed by atoms with Crippen molar-refractivity contribution in [1.82, 2.24) is 10.2 Å². The third kappa shape index (κ3) is 2.88. The molecule has 3 rings (SSSR count). The molecule has 1 N–H and O–H groups in total. The summed E-state index contributed by atoms with van der Waals surface area (Å²) in [6.07, 6.45) is 4.49. The molecule has 2 heterocycles. The maximum absolute atomic E-state index is 13.3. The summed E-state index contributed by atoms with van der Waals surface area (Å²) in [5.41, 5.74) is 0.374. The molecule has 0 radical (unpaired) electrons. The van der Waals surface area contributed by atoms with E-state index in [1.807, 2.05) is 0 Å². The van der Waals surface area contributed by atoms with Crippen molar-refractivity contribution >= 4 is 21.8 Å². The van der Waals surface area contributed by atoms with Crippen LogP contribution in [-0.2, 0) is 0 Å². The molecule has 0 aliphatic carbocycles. The highest BCUT2D eigenvalue weighted by Gasteiger charge is 2.32. The van der Waals surface area contributed by atoms with Gasteiger partial charge in [0.05, 0.1) is 5.56 Å². The van der Waals surface area contributed by atoms with Gasteiger partial charge >= 0.3 is 0 Å². The van der Waals surface area contributed by atoms with Crippen LogP contribution in [0.25, 0.3) is 0 Å². The van der Waals surface area contributed by atoms with Crippen molar-refractivity contribution in [3.63, 3.8) is 0 Å². The van der Waals surface area contributed by atoms with Crippen molar-refractivity contribution in [1.29, 1.82) is 0 Å². The molecule has 2 unspecified atom stereocenters. The average Bonchev–Trinajstić information content (AvgIpc) is 2.89. The minimum atomic E-state index is -0.385. The summed E-state index contributed by atoms with van der Waals surface area (Å²) in [5.74, 6) is -0.572. The minimum absolute atomic E-state index is 0.187. The zero-order chi connectivity index (χ0) is 14.1. The third-order valence-corrected chi connectivity index (χ3v) is 5.02. The maximum atomic E-state index is 13.3. The first-order chi connectivity index (χ1) is 9.63. The quantitative estimate of drug-likeness (QED) is 0.897. The summed E-state index contributed by atoms with van der Waals surface area (Å²) in [6, 6.07) is 5.02. The number of nitrogens with zero attached hydrogens (tertiary/aromatic N) is 1. The molecule has 108 valence electrons. The smallest absolute Gasteiger partial charge is 0.252 e. The van der Waals surface area contributed by atoms with Crippen molar-refractivity contribution < 1.29 is 9.18 Å². The average molecular weight is 341 g/mol. The first-order valence-corrected chi connectivity index (χ1v) is 7.93. The number of benzene rings is 1. The second-order valence-electron chi connectivity index (χ2n) is 5.65. The van der Waals surface area contributed by atoms with Gasteiger partial charge in [0.15, 0.2) is 0 Å². The van der Waals surface area contributed by atoms with Gasteiger partial charge in [-0.15, -0.1) is 0 Å². The van der Waals surface area contributed by atoms with E-state index in [0.29, 0.717) is 16.1 Å². The van der Waals surface area contributed by atoms with E-state index in [1.165, 1.54) is 31.5 Å². The molecule has 3 nitrogen and oxygen atoms in total. The second kappa shape index (κ2) is 5.82. The van der Waals surface area contributed by atoms with Crippen molar-refractivity contribution in [2.75, 3.05) is 13.1 Å². The highest BCUT2D eigenvalue weighted by atomic mass is 79.9. The van der Waals surface area contributed by atoms with Gasteiger partial charge in [-0.05, 0) is 66.4 Å². The van der Waals surface area contributed by atoms with Crippen LogP contribution in [0.1, 0.15) is 36.0 Å². The van der Waals surface area contributed by atoms with Crippen LogP contribution in [-0.4, -0.2) is 36.0 Å². The van der Waals surface area contributed by atoms with Crippen LogP contribution >= 0.6 is 15.9 Å².